The molecule has 3 fully saturated rings. The lowest BCUT2D eigenvalue weighted by Gasteiger charge is -2.57. The summed E-state index contributed by atoms with van der Waals surface area (Å²) in [4.78, 5) is 11.2. The van der Waals surface area contributed by atoms with Gasteiger partial charge in [0.2, 0.25) is 0 Å². The summed E-state index contributed by atoms with van der Waals surface area (Å²) >= 11 is 0. The second-order valence-electron chi connectivity index (χ2n) is 9.43. The summed E-state index contributed by atoms with van der Waals surface area (Å²) in [5, 5.41) is 0. The van der Waals surface area contributed by atoms with E-state index in [4.69, 9.17) is 0 Å². The molecule has 26 heavy (non-hydrogen) atoms. The van der Waals surface area contributed by atoms with Gasteiger partial charge in [-0.25, -0.2) is 0 Å². The summed E-state index contributed by atoms with van der Waals surface area (Å²) in [6.45, 7) is 17.9. The van der Waals surface area contributed by atoms with Crippen molar-refractivity contribution in [3.63, 3.8) is 0 Å². The predicted octanol–water partition coefficient (Wildman–Crippen LogP) is 7.37. The van der Waals surface area contributed by atoms with Gasteiger partial charge in [-0.05, 0) is 92.4 Å². The number of carbonyl (C=O) groups excluding carboxylic acids is 1. The van der Waals surface area contributed by atoms with E-state index in [0.29, 0.717) is 5.41 Å². The first-order chi connectivity index (χ1) is 12.4. The summed E-state index contributed by atoms with van der Waals surface area (Å²) in [6, 6.07) is 0. The van der Waals surface area contributed by atoms with Crippen molar-refractivity contribution in [1.29, 1.82) is 0 Å². The summed E-state index contributed by atoms with van der Waals surface area (Å²) in [7, 11) is 0. The van der Waals surface area contributed by atoms with Crippen LogP contribution < -0.4 is 0 Å². The fourth-order valence-corrected chi connectivity index (χ4v) is 7.36. The zero-order valence-electron chi connectivity index (χ0n) is 18.2. The summed E-state index contributed by atoms with van der Waals surface area (Å²) in [6.07, 6.45) is 13.3. The van der Waals surface area contributed by atoms with Crippen molar-refractivity contribution in [3.05, 3.63) is 23.8 Å². The van der Waals surface area contributed by atoms with Crippen molar-refractivity contribution >= 4 is 6.29 Å². The number of carbonyl (C=O) groups is 1. The van der Waals surface area contributed by atoms with Crippen LogP contribution in [0.1, 0.15) is 92.9 Å². The van der Waals surface area contributed by atoms with Gasteiger partial charge in [0.1, 0.15) is 6.29 Å². The Kier molecular flexibility index (Phi) is 6.97. The van der Waals surface area contributed by atoms with E-state index < -0.39 is 0 Å². The minimum absolute atomic E-state index is 0.251. The van der Waals surface area contributed by atoms with Crippen LogP contribution in [-0.2, 0) is 4.79 Å². The molecule has 3 aliphatic rings. The highest BCUT2D eigenvalue weighted by Gasteiger charge is 2.58. The van der Waals surface area contributed by atoms with E-state index in [9.17, 15) is 4.79 Å². The van der Waals surface area contributed by atoms with Gasteiger partial charge in [0.15, 0.2) is 0 Å². The monoisotopic (exact) mass is 358 g/mol. The fraction of sp³-hybridized carbons (Fsp3) is 0.800. The lowest BCUT2D eigenvalue weighted by atomic mass is 9.47. The molecule has 0 aliphatic heterocycles. The van der Waals surface area contributed by atoms with Crippen LogP contribution in [0.4, 0.5) is 0 Å². The van der Waals surface area contributed by atoms with Gasteiger partial charge in [-0.3, -0.25) is 4.79 Å². The fourth-order valence-electron chi connectivity index (χ4n) is 7.36. The molecule has 6 atom stereocenters. The first-order valence-electron chi connectivity index (χ1n) is 11.2. The van der Waals surface area contributed by atoms with Gasteiger partial charge in [0.25, 0.3) is 0 Å². The van der Waals surface area contributed by atoms with E-state index >= 15 is 0 Å². The topological polar surface area (TPSA) is 17.1 Å². The second kappa shape index (κ2) is 8.44. The van der Waals surface area contributed by atoms with Crippen LogP contribution in [0.15, 0.2) is 23.8 Å². The molecular formula is C25H42O. The van der Waals surface area contributed by atoms with E-state index in [0.717, 1.165) is 36.4 Å². The second-order valence-corrected chi connectivity index (χ2v) is 9.43. The predicted molar refractivity (Wildman–Crippen MR) is 113 cm³/mol. The van der Waals surface area contributed by atoms with Gasteiger partial charge in [0.05, 0.1) is 0 Å². The zero-order chi connectivity index (χ0) is 19.5. The van der Waals surface area contributed by atoms with Crippen LogP contribution in [0.5, 0.6) is 0 Å². The molecule has 1 heteroatoms. The SMILES string of the molecule is C=C(C)C1CCC2C3CC/C(=C/C=O)C(C)(CCC)C3CCC12C.CC. The minimum Gasteiger partial charge on any atom is -0.299 e. The molecule has 0 aromatic heterocycles. The van der Waals surface area contributed by atoms with Gasteiger partial charge < -0.3 is 0 Å². The molecule has 1 nitrogen and oxygen atoms in total. The lowest BCUT2D eigenvalue weighted by molar-refractivity contribution is -0.104. The number of hydrogen-bond acceptors (Lipinski definition) is 1. The third-order valence-electron chi connectivity index (χ3n) is 8.37. The summed E-state index contributed by atoms with van der Waals surface area (Å²) < 4.78 is 0. The molecule has 148 valence electrons. The van der Waals surface area contributed by atoms with Gasteiger partial charge in [0, 0.05) is 0 Å². The molecule has 0 radical (unpaired) electrons. The third kappa shape index (κ3) is 3.36. The van der Waals surface area contributed by atoms with Crippen molar-refractivity contribution in [1.82, 2.24) is 0 Å². The van der Waals surface area contributed by atoms with Crippen LogP contribution in [-0.4, -0.2) is 6.29 Å². The zero-order valence-corrected chi connectivity index (χ0v) is 18.2. The van der Waals surface area contributed by atoms with Crippen LogP contribution in [0.3, 0.4) is 0 Å². The average molecular weight is 359 g/mol. The van der Waals surface area contributed by atoms with Crippen LogP contribution in [0, 0.1) is 34.5 Å². The van der Waals surface area contributed by atoms with E-state index in [1.165, 1.54) is 56.1 Å². The Labute approximate surface area is 162 Å². The molecule has 3 rings (SSSR count). The highest BCUT2D eigenvalue weighted by molar-refractivity contribution is 5.66. The maximum atomic E-state index is 11.2. The maximum absolute atomic E-state index is 11.2. The number of fused-ring (bicyclic) bond motifs is 3. The van der Waals surface area contributed by atoms with Crippen molar-refractivity contribution in [2.45, 2.75) is 92.9 Å². The molecule has 0 spiro atoms. The van der Waals surface area contributed by atoms with E-state index in [1.807, 2.05) is 19.9 Å². The van der Waals surface area contributed by atoms with Gasteiger partial charge >= 0.3 is 0 Å². The van der Waals surface area contributed by atoms with Crippen LogP contribution >= 0.6 is 0 Å². The van der Waals surface area contributed by atoms with Gasteiger partial charge in [-0.15, -0.1) is 0 Å². The number of allylic oxidation sites excluding steroid dienone is 3. The van der Waals surface area contributed by atoms with Gasteiger partial charge in [-0.1, -0.05) is 58.8 Å². The van der Waals surface area contributed by atoms with Crippen molar-refractivity contribution in [2.75, 3.05) is 0 Å². The van der Waals surface area contributed by atoms with E-state index in [-0.39, 0.29) is 5.41 Å². The highest BCUT2D eigenvalue weighted by Crippen LogP contribution is 2.66. The third-order valence-corrected chi connectivity index (χ3v) is 8.37. The average Bonchev–Trinajstić information content (AvgIpc) is 2.97. The highest BCUT2D eigenvalue weighted by atomic mass is 16.1. The quantitative estimate of drug-likeness (QED) is 0.291. The largest absolute Gasteiger partial charge is 0.299 e. The van der Waals surface area contributed by atoms with E-state index in [2.05, 4.69) is 34.3 Å². The number of hydrogen-bond donors (Lipinski definition) is 0. The molecule has 6 unspecified atom stereocenters. The molecule has 0 amide bonds. The first-order valence-corrected chi connectivity index (χ1v) is 11.2. The molecule has 0 saturated heterocycles. The molecule has 3 saturated carbocycles. The van der Waals surface area contributed by atoms with Crippen LogP contribution in [0.2, 0.25) is 0 Å². The molecule has 0 bridgehead atoms. The molecule has 3 aliphatic carbocycles. The van der Waals surface area contributed by atoms with Crippen molar-refractivity contribution in [2.24, 2.45) is 34.5 Å². The molecular weight excluding hydrogens is 316 g/mol. The van der Waals surface area contributed by atoms with Crippen molar-refractivity contribution in [3.8, 4) is 0 Å². The van der Waals surface area contributed by atoms with Crippen LogP contribution in [0.25, 0.3) is 0 Å². The molecule has 0 N–H and O–H groups in total. The maximum Gasteiger partial charge on any atom is 0.142 e. The summed E-state index contributed by atoms with van der Waals surface area (Å²) in [5.74, 6) is 3.23. The Morgan fingerprint density at radius 2 is 1.85 bits per heavy atom. The minimum atomic E-state index is 0.251. The Balaban J connectivity index is 0.00000117. The molecule has 0 aromatic rings. The van der Waals surface area contributed by atoms with Gasteiger partial charge in [-0.2, -0.15) is 0 Å². The Hall–Kier alpha value is -0.850. The van der Waals surface area contributed by atoms with E-state index in [1.54, 1.807) is 0 Å². The van der Waals surface area contributed by atoms with Crippen molar-refractivity contribution < 1.29 is 4.79 Å². The Morgan fingerprint density at radius 1 is 1.15 bits per heavy atom. The standard InChI is InChI=1S/C23H36O.C2H6/c1-6-13-22(4)17(12-15-24)7-8-18-20-10-9-19(16(2)3)23(20,5)14-11-21(18)22;1-2/h12,15,18-21H,2,6-11,13-14H2,1,3-5H3;1-2H3/b17-12-;. The number of aldehydes is 1. The normalized spacial score (nSPS) is 43.1. The smallest absolute Gasteiger partial charge is 0.142 e. The summed E-state index contributed by atoms with van der Waals surface area (Å²) in [5.41, 5.74) is 3.58. The Morgan fingerprint density at radius 3 is 2.42 bits per heavy atom. The number of rotatable bonds is 4. The molecule has 0 heterocycles. The Bertz CT molecular complexity index is 544. The lowest BCUT2D eigenvalue weighted by Crippen LogP contribution is -2.49. The first kappa shape index (κ1) is 21.5. The molecule has 0 aromatic carbocycles.